The van der Waals surface area contributed by atoms with E-state index in [9.17, 15) is 29.3 Å². The van der Waals surface area contributed by atoms with Crippen LogP contribution in [0.1, 0.15) is 32.4 Å². The molecule has 0 N–H and O–H groups in total. The summed E-state index contributed by atoms with van der Waals surface area (Å²) in [6.07, 6.45) is -1.02. The predicted molar refractivity (Wildman–Crippen MR) is 133 cm³/mol. The van der Waals surface area contributed by atoms with E-state index in [0.29, 0.717) is 5.56 Å². The Hall–Kier alpha value is -3.77. The first-order chi connectivity index (χ1) is 17.3. The molecule has 10 heteroatoms. The maximum absolute atomic E-state index is 13.8. The Kier molecular flexibility index (Phi) is 4.96. The van der Waals surface area contributed by atoms with Crippen LogP contribution in [0.3, 0.4) is 0 Å². The van der Waals surface area contributed by atoms with Gasteiger partial charge in [-0.1, -0.05) is 36.4 Å². The fraction of sp³-hybridized carbons (Fsp3) is 0.154. The van der Waals surface area contributed by atoms with Crippen LogP contribution in [0.25, 0.3) is 0 Å². The fourth-order valence-electron chi connectivity index (χ4n) is 5.48. The van der Waals surface area contributed by atoms with Crippen LogP contribution in [0, 0.1) is 25.5 Å². The van der Waals surface area contributed by atoms with Gasteiger partial charge in [0.1, 0.15) is 0 Å². The lowest BCUT2D eigenvalue weighted by Crippen LogP contribution is -2.51. The van der Waals surface area contributed by atoms with Crippen LogP contribution < -0.4 is 4.90 Å². The van der Waals surface area contributed by atoms with Gasteiger partial charge in [-0.2, -0.15) is 0 Å². The second-order valence-corrected chi connectivity index (χ2v) is 10.1. The van der Waals surface area contributed by atoms with Gasteiger partial charge >= 0.3 is 0 Å². The fourth-order valence-corrected chi connectivity index (χ4v) is 6.05. The highest BCUT2D eigenvalue weighted by Crippen LogP contribution is 2.57. The molecule has 3 aromatic rings. The Bertz CT molecular complexity index is 1480. The van der Waals surface area contributed by atoms with E-state index in [1.165, 1.54) is 36.4 Å². The summed E-state index contributed by atoms with van der Waals surface area (Å²) >= 11 is 2.10. The van der Waals surface area contributed by atoms with Gasteiger partial charge in [0.15, 0.2) is 0 Å². The summed E-state index contributed by atoms with van der Waals surface area (Å²) in [4.78, 5) is 66.5. The highest BCUT2D eigenvalue weighted by atomic mass is 127. The number of ketones is 2. The van der Waals surface area contributed by atoms with Crippen molar-refractivity contribution < 1.29 is 28.8 Å². The van der Waals surface area contributed by atoms with Crippen molar-refractivity contribution in [1.29, 1.82) is 0 Å². The quantitative estimate of drug-likeness (QED) is 0.148. The molecule has 3 aliphatic rings. The zero-order valence-corrected chi connectivity index (χ0v) is 20.4. The van der Waals surface area contributed by atoms with Crippen molar-refractivity contribution in [2.24, 2.45) is 11.8 Å². The lowest BCUT2D eigenvalue weighted by Gasteiger charge is -2.27. The molecule has 2 aliphatic heterocycles. The minimum atomic E-state index is -2.16. The van der Waals surface area contributed by atoms with E-state index >= 15 is 0 Å². The normalized spacial score (nSPS) is 23.9. The monoisotopic (exact) mass is 594 g/mol. The molecule has 3 aromatic carbocycles. The van der Waals surface area contributed by atoms with Gasteiger partial charge in [-0.15, -0.1) is 0 Å². The maximum atomic E-state index is 13.8. The first kappa shape index (κ1) is 22.7. The Morgan fingerprint density at radius 3 is 2.08 bits per heavy atom. The SMILES string of the molecule is O=C1[C@H]2[C@@H](C(=O)N1c1ccc([N+](=O)[O-])cc1)C1(O[C@H]2c2cccc(I)c2)C(=O)c2ccccc2C1=O. The summed E-state index contributed by atoms with van der Waals surface area (Å²) in [7, 11) is 0. The van der Waals surface area contributed by atoms with Crippen molar-refractivity contribution in [1.82, 2.24) is 0 Å². The average Bonchev–Trinajstić information content (AvgIpc) is 3.44. The minimum Gasteiger partial charge on any atom is -0.349 e. The molecule has 2 amide bonds. The first-order valence-electron chi connectivity index (χ1n) is 11.0. The summed E-state index contributed by atoms with van der Waals surface area (Å²) in [5, 5.41) is 11.1. The highest BCUT2D eigenvalue weighted by Gasteiger charge is 2.74. The summed E-state index contributed by atoms with van der Waals surface area (Å²) < 4.78 is 7.09. The average molecular weight is 594 g/mol. The molecular formula is C26H15IN2O7. The standard InChI is InChI=1S/C26H15IN2O7/c27-14-5-3-4-13(12-14)21-19-20(26(36-21)22(30)17-6-1-2-7-18(17)23(26)31)25(33)28(24(19)32)15-8-10-16(11-9-15)29(34)35/h1-12,19-21H/t19-,20-,21-/m0/s1. The molecule has 0 bridgehead atoms. The number of benzene rings is 3. The Labute approximate surface area is 217 Å². The van der Waals surface area contributed by atoms with E-state index in [0.717, 1.165) is 8.47 Å². The van der Waals surface area contributed by atoms with Crippen molar-refractivity contribution >= 4 is 57.3 Å². The van der Waals surface area contributed by atoms with Crippen molar-refractivity contribution in [2.45, 2.75) is 11.7 Å². The number of amides is 2. The lowest BCUT2D eigenvalue weighted by molar-refractivity contribution is -0.384. The second kappa shape index (κ2) is 7.87. The van der Waals surface area contributed by atoms with Crippen molar-refractivity contribution in [3.63, 3.8) is 0 Å². The molecule has 2 fully saturated rings. The van der Waals surface area contributed by atoms with Gasteiger partial charge in [0.05, 0.1) is 28.6 Å². The molecule has 2 heterocycles. The summed E-state index contributed by atoms with van der Waals surface area (Å²) in [6, 6.07) is 18.4. The van der Waals surface area contributed by atoms with Crippen LogP contribution in [0.2, 0.25) is 0 Å². The highest BCUT2D eigenvalue weighted by molar-refractivity contribution is 14.1. The van der Waals surface area contributed by atoms with E-state index in [-0.39, 0.29) is 22.5 Å². The number of imide groups is 1. The molecule has 2 saturated heterocycles. The van der Waals surface area contributed by atoms with Gasteiger partial charge < -0.3 is 4.74 Å². The summed E-state index contributed by atoms with van der Waals surface area (Å²) in [5.74, 6) is -5.17. The van der Waals surface area contributed by atoms with Gasteiger partial charge in [-0.05, 0) is 52.4 Å². The van der Waals surface area contributed by atoms with Crippen LogP contribution in [-0.2, 0) is 14.3 Å². The number of carbonyl (C=O) groups is 4. The van der Waals surface area contributed by atoms with Gasteiger partial charge in [0.2, 0.25) is 29.0 Å². The van der Waals surface area contributed by atoms with Gasteiger partial charge in [-0.3, -0.25) is 29.3 Å². The van der Waals surface area contributed by atoms with Crippen molar-refractivity contribution in [3.05, 3.63) is 103 Å². The summed E-state index contributed by atoms with van der Waals surface area (Å²) in [6.45, 7) is 0. The van der Waals surface area contributed by atoms with E-state index in [1.807, 2.05) is 6.07 Å². The van der Waals surface area contributed by atoms with Crippen LogP contribution in [-0.4, -0.2) is 33.9 Å². The maximum Gasteiger partial charge on any atom is 0.269 e. The topological polar surface area (TPSA) is 124 Å². The molecule has 0 saturated carbocycles. The van der Waals surface area contributed by atoms with Crippen molar-refractivity contribution in [3.8, 4) is 0 Å². The number of Topliss-reactive ketones (excluding diaryl/α,β-unsaturated/α-hetero) is 2. The molecule has 0 unspecified atom stereocenters. The minimum absolute atomic E-state index is 0.122. The number of fused-ring (bicyclic) bond motifs is 3. The number of nitrogens with zero attached hydrogens (tertiary/aromatic N) is 2. The molecule has 36 heavy (non-hydrogen) atoms. The van der Waals surface area contributed by atoms with Gasteiger partial charge in [0, 0.05) is 26.8 Å². The van der Waals surface area contributed by atoms with Crippen molar-refractivity contribution in [2.75, 3.05) is 4.90 Å². The van der Waals surface area contributed by atoms with Gasteiger partial charge in [-0.25, -0.2) is 4.90 Å². The lowest BCUT2D eigenvalue weighted by atomic mass is 9.77. The number of rotatable bonds is 3. The molecule has 178 valence electrons. The molecular weight excluding hydrogens is 579 g/mol. The summed E-state index contributed by atoms with van der Waals surface area (Å²) in [5.41, 5.74) is -1.37. The van der Waals surface area contributed by atoms with Crippen LogP contribution >= 0.6 is 22.6 Å². The second-order valence-electron chi connectivity index (χ2n) is 8.82. The third-order valence-corrected chi connectivity index (χ3v) is 7.69. The smallest absolute Gasteiger partial charge is 0.269 e. The van der Waals surface area contributed by atoms with E-state index in [4.69, 9.17) is 4.74 Å². The molecule has 6 rings (SSSR count). The number of nitro benzene ring substituents is 1. The predicted octanol–water partition coefficient (Wildman–Crippen LogP) is 3.89. The number of hydrogen-bond acceptors (Lipinski definition) is 7. The number of nitro groups is 1. The van der Waals surface area contributed by atoms with E-state index in [2.05, 4.69) is 22.6 Å². The van der Waals surface area contributed by atoms with Crippen LogP contribution in [0.5, 0.6) is 0 Å². The van der Waals surface area contributed by atoms with E-state index < -0.39 is 51.8 Å². The molecule has 0 aromatic heterocycles. The number of halogens is 1. The zero-order valence-electron chi connectivity index (χ0n) is 18.3. The van der Waals surface area contributed by atoms with E-state index in [1.54, 1.807) is 30.3 Å². The molecule has 1 spiro atoms. The number of carbonyl (C=O) groups excluding carboxylic acids is 4. The largest absolute Gasteiger partial charge is 0.349 e. The number of hydrogen-bond donors (Lipinski definition) is 0. The Balaban J connectivity index is 1.52. The molecule has 0 radical (unpaired) electrons. The molecule has 1 aliphatic carbocycles. The zero-order chi connectivity index (χ0) is 25.4. The first-order valence-corrected chi connectivity index (χ1v) is 12.1. The molecule has 3 atom stereocenters. The number of non-ortho nitro benzene ring substituents is 1. The third kappa shape index (κ3) is 2.91. The number of ether oxygens (including phenoxy) is 1. The Morgan fingerprint density at radius 1 is 0.861 bits per heavy atom. The van der Waals surface area contributed by atoms with Gasteiger partial charge in [0.25, 0.3) is 5.69 Å². The Morgan fingerprint density at radius 2 is 1.50 bits per heavy atom. The van der Waals surface area contributed by atoms with Crippen LogP contribution in [0.15, 0.2) is 72.8 Å². The third-order valence-electron chi connectivity index (χ3n) is 7.01. The molecule has 9 nitrogen and oxygen atoms in total. The van der Waals surface area contributed by atoms with Crippen LogP contribution in [0.4, 0.5) is 11.4 Å². The number of anilines is 1.